The van der Waals surface area contributed by atoms with E-state index in [9.17, 15) is 4.39 Å². The Balaban J connectivity index is 2.35. The highest BCUT2D eigenvalue weighted by Crippen LogP contribution is 2.26. The van der Waals surface area contributed by atoms with Crippen molar-refractivity contribution in [1.82, 2.24) is 5.32 Å². The fourth-order valence-electron chi connectivity index (χ4n) is 1.93. The second-order valence-corrected chi connectivity index (χ2v) is 5.28. The summed E-state index contributed by atoms with van der Waals surface area (Å²) in [6.07, 6.45) is 0. The first kappa shape index (κ1) is 14.0. The summed E-state index contributed by atoms with van der Waals surface area (Å²) >= 11 is 5.89. The van der Waals surface area contributed by atoms with Crippen LogP contribution >= 0.6 is 11.6 Å². The molecule has 0 aliphatic rings. The number of halogens is 2. The second-order valence-electron chi connectivity index (χ2n) is 4.84. The molecule has 3 heteroatoms. The minimum Gasteiger partial charge on any atom is -0.310 e. The smallest absolute Gasteiger partial charge is 0.123 e. The lowest BCUT2D eigenvalue weighted by Crippen LogP contribution is -2.22. The molecule has 100 valence electrons. The zero-order chi connectivity index (χ0) is 13.8. The fourth-order valence-corrected chi connectivity index (χ4v) is 2.06. The van der Waals surface area contributed by atoms with Crippen LogP contribution < -0.4 is 5.32 Å². The molecule has 19 heavy (non-hydrogen) atoms. The Labute approximate surface area is 118 Å². The SMILES string of the molecule is CC(C)NCc1cc(F)ccc1-c1ccc(Cl)cc1. The van der Waals surface area contributed by atoms with Crippen molar-refractivity contribution in [3.8, 4) is 11.1 Å². The zero-order valence-corrected chi connectivity index (χ0v) is 11.8. The molecule has 0 atom stereocenters. The van der Waals surface area contributed by atoms with Gasteiger partial charge in [-0.1, -0.05) is 43.6 Å². The van der Waals surface area contributed by atoms with Gasteiger partial charge >= 0.3 is 0 Å². The van der Waals surface area contributed by atoms with Crippen LogP contribution in [0.3, 0.4) is 0 Å². The van der Waals surface area contributed by atoms with Crippen molar-refractivity contribution in [2.75, 3.05) is 0 Å². The van der Waals surface area contributed by atoms with Gasteiger partial charge in [-0.05, 0) is 41.0 Å². The van der Waals surface area contributed by atoms with Crippen LogP contribution in [0.5, 0.6) is 0 Å². The summed E-state index contributed by atoms with van der Waals surface area (Å²) in [4.78, 5) is 0. The zero-order valence-electron chi connectivity index (χ0n) is 11.1. The Kier molecular flexibility index (Phi) is 4.56. The number of nitrogens with one attached hydrogen (secondary N) is 1. The molecule has 0 heterocycles. The third-order valence-electron chi connectivity index (χ3n) is 2.92. The summed E-state index contributed by atoms with van der Waals surface area (Å²) in [6, 6.07) is 12.8. The number of benzene rings is 2. The van der Waals surface area contributed by atoms with Crippen LogP contribution in [0.4, 0.5) is 4.39 Å². The number of hydrogen-bond acceptors (Lipinski definition) is 1. The maximum Gasteiger partial charge on any atom is 0.123 e. The molecule has 0 fully saturated rings. The molecule has 2 aromatic carbocycles. The molecule has 1 nitrogen and oxygen atoms in total. The largest absolute Gasteiger partial charge is 0.310 e. The first-order valence-corrected chi connectivity index (χ1v) is 6.72. The van der Waals surface area contributed by atoms with E-state index < -0.39 is 0 Å². The third-order valence-corrected chi connectivity index (χ3v) is 3.18. The molecule has 0 radical (unpaired) electrons. The molecular formula is C16H17ClFN. The predicted octanol–water partition coefficient (Wildman–Crippen LogP) is 4.64. The molecule has 0 amide bonds. The molecule has 0 spiro atoms. The van der Waals surface area contributed by atoms with E-state index in [-0.39, 0.29) is 5.82 Å². The highest BCUT2D eigenvalue weighted by Gasteiger charge is 2.07. The summed E-state index contributed by atoms with van der Waals surface area (Å²) in [5.74, 6) is -0.210. The van der Waals surface area contributed by atoms with E-state index >= 15 is 0 Å². The van der Waals surface area contributed by atoms with Gasteiger partial charge < -0.3 is 5.32 Å². The first-order valence-electron chi connectivity index (χ1n) is 6.34. The molecule has 1 N–H and O–H groups in total. The summed E-state index contributed by atoms with van der Waals surface area (Å²) < 4.78 is 13.4. The monoisotopic (exact) mass is 277 g/mol. The molecular weight excluding hydrogens is 261 g/mol. The van der Waals surface area contributed by atoms with Crippen molar-refractivity contribution >= 4 is 11.6 Å². The Morgan fingerprint density at radius 1 is 1.11 bits per heavy atom. The van der Waals surface area contributed by atoms with Gasteiger partial charge in [-0.3, -0.25) is 0 Å². The highest BCUT2D eigenvalue weighted by molar-refractivity contribution is 6.30. The Bertz CT molecular complexity index is 549. The van der Waals surface area contributed by atoms with Gasteiger partial charge in [-0.25, -0.2) is 4.39 Å². The average Bonchev–Trinajstić information content (AvgIpc) is 2.38. The van der Waals surface area contributed by atoms with Gasteiger partial charge in [-0.2, -0.15) is 0 Å². The summed E-state index contributed by atoms with van der Waals surface area (Å²) in [7, 11) is 0. The molecule has 0 aliphatic carbocycles. The highest BCUT2D eigenvalue weighted by atomic mass is 35.5. The van der Waals surface area contributed by atoms with Gasteiger partial charge in [0.1, 0.15) is 5.82 Å². The van der Waals surface area contributed by atoms with Crippen LogP contribution in [0.15, 0.2) is 42.5 Å². The van der Waals surface area contributed by atoms with Crippen molar-refractivity contribution in [3.63, 3.8) is 0 Å². The number of rotatable bonds is 4. The van der Waals surface area contributed by atoms with Gasteiger partial charge in [0.25, 0.3) is 0 Å². The molecule has 0 aromatic heterocycles. The van der Waals surface area contributed by atoms with Crippen molar-refractivity contribution < 1.29 is 4.39 Å². The molecule has 0 saturated carbocycles. The van der Waals surface area contributed by atoms with E-state index in [1.54, 1.807) is 6.07 Å². The van der Waals surface area contributed by atoms with E-state index in [0.717, 1.165) is 16.7 Å². The molecule has 0 aliphatic heterocycles. The van der Waals surface area contributed by atoms with Gasteiger partial charge in [0.2, 0.25) is 0 Å². The molecule has 0 unspecified atom stereocenters. The second kappa shape index (κ2) is 6.18. The topological polar surface area (TPSA) is 12.0 Å². The Hall–Kier alpha value is -1.38. The first-order chi connectivity index (χ1) is 9.06. The fraction of sp³-hybridized carbons (Fsp3) is 0.250. The lowest BCUT2D eigenvalue weighted by molar-refractivity contribution is 0.582. The molecule has 2 rings (SSSR count). The summed E-state index contributed by atoms with van der Waals surface area (Å²) in [6.45, 7) is 4.79. The van der Waals surface area contributed by atoms with Gasteiger partial charge in [0, 0.05) is 17.6 Å². The summed E-state index contributed by atoms with van der Waals surface area (Å²) in [5.41, 5.74) is 3.03. The van der Waals surface area contributed by atoms with E-state index in [2.05, 4.69) is 19.2 Å². The number of hydrogen-bond donors (Lipinski definition) is 1. The molecule has 0 saturated heterocycles. The average molecular weight is 278 g/mol. The minimum absolute atomic E-state index is 0.210. The van der Waals surface area contributed by atoms with Crippen LogP contribution in [0, 0.1) is 5.82 Å². The molecule has 0 bridgehead atoms. The van der Waals surface area contributed by atoms with Gasteiger partial charge in [-0.15, -0.1) is 0 Å². The van der Waals surface area contributed by atoms with Crippen molar-refractivity contribution in [1.29, 1.82) is 0 Å². The maximum absolute atomic E-state index is 13.4. The van der Waals surface area contributed by atoms with Crippen molar-refractivity contribution in [3.05, 3.63) is 58.9 Å². The van der Waals surface area contributed by atoms with Gasteiger partial charge in [0.05, 0.1) is 0 Å². The summed E-state index contributed by atoms with van der Waals surface area (Å²) in [5, 5.41) is 4.02. The van der Waals surface area contributed by atoms with Crippen LogP contribution in [-0.4, -0.2) is 6.04 Å². The van der Waals surface area contributed by atoms with E-state index in [1.165, 1.54) is 6.07 Å². The van der Waals surface area contributed by atoms with Crippen molar-refractivity contribution in [2.24, 2.45) is 0 Å². The minimum atomic E-state index is -0.210. The van der Waals surface area contributed by atoms with E-state index in [4.69, 9.17) is 11.6 Å². The Morgan fingerprint density at radius 2 is 1.79 bits per heavy atom. The quantitative estimate of drug-likeness (QED) is 0.858. The van der Waals surface area contributed by atoms with Crippen LogP contribution in [-0.2, 0) is 6.54 Å². The van der Waals surface area contributed by atoms with E-state index in [1.807, 2.05) is 30.3 Å². The van der Waals surface area contributed by atoms with Crippen molar-refractivity contribution in [2.45, 2.75) is 26.4 Å². The normalized spacial score (nSPS) is 11.0. The molecule has 2 aromatic rings. The Morgan fingerprint density at radius 3 is 2.42 bits per heavy atom. The standard InChI is InChI=1S/C16H17ClFN/c1-11(2)19-10-13-9-15(18)7-8-16(13)12-3-5-14(17)6-4-12/h3-9,11,19H,10H2,1-2H3. The lowest BCUT2D eigenvalue weighted by atomic mass is 9.99. The maximum atomic E-state index is 13.4. The predicted molar refractivity (Wildman–Crippen MR) is 78.8 cm³/mol. The van der Waals surface area contributed by atoms with Gasteiger partial charge in [0.15, 0.2) is 0 Å². The van der Waals surface area contributed by atoms with E-state index in [0.29, 0.717) is 17.6 Å². The van der Waals surface area contributed by atoms with Crippen LogP contribution in [0.1, 0.15) is 19.4 Å². The lowest BCUT2D eigenvalue weighted by Gasteiger charge is -2.13. The third kappa shape index (κ3) is 3.79. The van der Waals surface area contributed by atoms with Crippen LogP contribution in [0.2, 0.25) is 5.02 Å². The van der Waals surface area contributed by atoms with Crippen LogP contribution in [0.25, 0.3) is 11.1 Å².